The first-order chi connectivity index (χ1) is 9.68. The maximum Gasteiger partial charge on any atom is 0.210 e. The Morgan fingerprint density at radius 1 is 1.10 bits per heavy atom. The van der Waals surface area contributed by atoms with Crippen LogP contribution in [0, 0.1) is 0 Å². The smallest absolute Gasteiger partial charge is 0.210 e. The first-order valence-corrected chi connectivity index (χ1v) is 8.00. The molecule has 1 heterocycles. The molecule has 20 heavy (non-hydrogen) atoms. The Hall–Kier alpha value is -1.31. The van der Waals surface area contributed by atoms with E-state index >= 15 is 0 Å². The highest BCUT2D eigenvalue weighted by molar-refractivity contribution is 5.53. The average molecular weight is 271 g/mol. The van der Waals surface area contributed by atoms with Gasteiger partial charge in [-0.3, -0.25) is 4.79 Å². The fourth-order valence-corrected chi connectivity index (χ4v) is 4.56. The van der Waals surface area contributed by atoms with Gasteiger partial charge in [-0.05, 0) is 43.2 Å². The van der Waals surface area contributed by atoms with Crippen molar-refractivity contribution in [2.45, 2.75) is 69.9 Å². The minimum absolute atomic E-state index is 0.0951. The average Bonchev–Trinajstić information content (AvgIpc) is 2.55. The van der Waals surface area contributed by atoms with Crippen molar-refractivity contribution in [2.75, 3.05) is 0 Å². The first-order valence-electron chi connectivity index (χ1n) is 8.00. The summed E-state index contributed by atoms with van der Waals surface area (Å²) < 4.78 is 0. The molecule has 2 unspecified atom stereocenters. The van der Waals surface area contributed by atoms with E-state index in [-0.39, 0.29) is 11.6 Å². The van der Waals surface area contributed by atoms with Crippen molar-refractivity contribution in [3.05, 3.63) is 35.4 Å². The van der Waals surface area contributed by atoms with Crippen LogP contribution in [0.5, 0.6) is 0 Å². The maximum atomic E-state index is 11.8. The predicted molar refractivity (Wildman–Crippen MR) is 81.6 cm³/mol. The van der Waals surface area contributed by atoms with E-state index in [2.05, 4.69) is 43.0 Å². The highest BCUT2D eigenvalue weighted by Gasteiger charge is 2.43. The van der Waals surface area contributed by atoms with E-state index in [1.165, 1.54) is 43.2 Å². The Labute approximate surface area is 122 Å². The summed E-state index contributed by atoms with van der Waals surface area (Å²) in [7, 11) is 0. The molecule has 2 atom stereocenters. The number of nitrogens with zero attached hydrogens (tertiary/aromatic N) is 1. The van der Waals surface area contributed by atoms with Crippen LogP contribution in [-0.2, 0) is 4.79 Å². The third kappa shape index (κ3) is 2.06. The Morgan fingerprint density at radius 2 is 1.75 bits per heavy atom. The summed E-state index contributed by atoms with van der Waals surface area (Å²) in [5, 5.41) is 0. The van der Waals surface area contributed by atoms with Gasteiger partial charge < -0.3 is 4.90 Å². The van der Waals surface area contributed by atoms with Gasteiger partial charge in [0.05, 0.1) is 6.04 Å². The van der Waals surface area contributed by atoms with Crippen LogP contribution in [0.1, 0.15) is 75.5 Å². The van der Waals surface area contributed by atoms with Gasteiger partial charge in [-0.2, -0.15) is 0 Å². The monoisotopic (exact) mass is 271 g/mol. The lowest BCUT2D eigenvalue weighted by atomic mass is 9.74. The number of hydrogen-bond acceptors (Lipinski definition) is 1. The lowest BCUT2D eigenvalue weighted by Crippen LogP contribution is -2.50. The fourth-order valence-electron chi connectivity index (χ4n) is 4.56. The van der Waals surface area contributed by atoms with Crippen LogP contribution in [0.3, 0.4) is 0 Å². The summed E-state index contributed by atoms with van der Waals surface area (Å²) >= 11 is 0. The minimum Gasteiger partial charge on any atom is -0.333 e. The summed E-state index contributed by atoms with van der Waals surface area (Å²) in [6.07, 6.45) is 8.44. The number of hydrogen-bond donors (Lipinski definition) is 0. The van der Waals surface area contributed by atoms with Crippen molar-refractivity contribution in [3.8, 4) is 0 Å². The number of carbonyl (C=O) groups is 1. The molecule has 1 aromatic carbocycles. The van der Waals surface area contributed by atoms with Crippen molar-refractivity contribution in [2.24, 2.45) is 0 Å². The molecule has 2 nitrogen and oxygen atoms in total. The zero-order valence-corrected chi connectivity index (χ0v) is 12.6. The zero-order chi connectivity index (χ0) is 14.2. The molecule has 108 valence electrons. The molecule has 0 aromatic heterocycles. The summed E-state index contributed by atoms with van der Waals surface area (Å²) in [5.74, 6) is 0.539. The zero-order valence-electron chi connectivity index (χ0n) is 12.6. The van der Waals surface area contributed by atoms with Crippen LogP contribution < -0.4 is 0 Å². The van der Waals surface area contributed by atoms with Crippen LogP contribution in [0.15, 0.2) is 24.3 Å². The number of fused-ring (bicyclic) bond motifs is 1. The van der Waals surface area contributed by atoms with Crippen molar-refractivity contribution in [1.29, 1.82) is 0 Å². The molecule has 0 radical (unpaired) electrons. The predicted octanol–water partition coefficient (Wildman–Crippen LogP) is 4.42. The number of amides is 1. The molecule has 1 fully saturated rings. The summed E-state index contributed by atoms with van der Waals surface area (Å²) in [4.78, 5) is 14.0. The minimum atomic E-state index is 0.0951. The number of carbonyl (C=O) groups excluding carboxylic acids is 1. The normalized spacial score (nSPS) is 28.8. The second kappa shape index (κ2) is 5.23. The molecule has 1 aromatic rings. The number of rotatable bonds is 1. The quantitative estimate of drug-likeness (QED) is 0.693. The van der Waals surface area contributed by atoms with Gasteiger partial charge in [-0.1, -0.05) is 50.5 Å². The van der Waals surface area contributed by atoms with Gasteiger partial charge in [0.25, 0.3) is 0 Å². The van der Waals surface area contributed by atoms with Gasteiger partial charge in [-0.25, -0.2) is 0 Å². The largest absolute Gasteiger partial charge is 0.333 e. The molecule has 1 amide bonds. The summed E-state index contributed by atoms with van der Waals surface area (Å²) in [6, 6.07) is 8.89. The van der Waals surface area contributed by atoms with E-state index in [4.69, 9.17) is 0 Å². The van der Waals surface area contributed by atoms with E-state index in [0.29, 0.717) is 5.92 Å². The van der Waals surface area contributed by atoms with Gasteiger partial charge in [0, 0.05) is 5.54 Å². The van der Waals surface area contributed by atoms with E-state index in [1.807, 2.05) is 0 Å². The SMILES string of the molecule is CC1CC2(CCCCC2)N(C=O)C(C)c2ccccc21. The van der Waals surface area contributed by atoms with Gasteiger partial charge in [-0.15, -0.1) is 0 Å². The summed E-state index contributed by atoms with van der Waals surface area (Å²) in [6.45, 7) is 4.53. The molecule has 3 rings (SSSR count). The Balaban J connectivity index is 2.07. The molecule has 2 aliphatic rings. The Morgan fingerprint density at radius 3 is 2.40 bits per heavy atom. The van der Waals surface area contributed by atoms with Crippen LogP contribution in [0.25, 0.3) is 0 Å². The summed E-state index contributed by atoms with van der Waals surface area (Å²) in [5.41, 5.74) is 2.88. The maximum absolute atomic E-state index is 11.8. The van der Waals surface area contributed by atoms with E-state index < -0.39 is 0 Å². The second-order valence-electron chi connectivity index (χ2n) is 6.71. The third-order valence-electron chi connectivity index (χ3n) is 5.53. The Kier molecular flexibility index (Phi) is 3.57. The molecular weight excluding hydrogens is 246 g/mol. The first kappa shape index (κ1) is 13.7. The van der Waals surface area contributed by atoms with E-state index in [9.17, 15) is 4.79 Å². The van der Waals surface area contributed by atoms with Crippen LogP contribution >= 0.6 is 0 Å². The topological polar surface area (TPSA) is 20.3 Å². The Bertz CT molecular complexity index is 490. The standard InChI is InChI=1S/C18H25NO/c1-14-12-18(10-6-3-7-11-18)19(13-20)15(2)17-9-5-4-8-16(14)17/h4-5,8-9,13-15H,3,6-7,10-12H2,1-2H3. The molecule has 1 saturated carbocycles. The molecule has 1 aliphatic heterocycles. The van der Waals surface area contributed by atoms with Gasteiger partial charge in [0.1, 0.15) is 0 Å². The van der Waals surface area contributed by atoms with Crippen molar-refractivity contribution >= 4 is 6.41 Å². The molecular formula is C18H25NO. The molecule has 0 bridgehead atoms. The van der Waals surface area contributed by atoms with Gasteiger partial charge in [0.2, 0.25) is 6.41 Å². The molecule has 0 saturated heterocycles. The fraction of sp³-hybridized carbons (Fsp3) is 0.611. The highest BCUT2D eigenvalue weighted by Crippen LogP contribution is 2.47. The van der Waals surface area contributed by atoms with Gasteiger partial charge in [0.15, 0.2) is 0 Å². The molecule has 2 heteroatoms. The van der Waals surface area contributed by atoms with Crippen molar-refractivity contribution < 1.29 is 4.79 Å². The van der Waals surface area contributed by atoms with Crippen molar-refractivity contribution in [3.63, 3.8) is 0 Å². The van der Waals surface area contributed by atoms with Crippen LogP contribution in [-0.4, -0.2) is 16.8 Å². The van der Waals surface area contributed by atoms with Gasteiger partial charge >= 0.3 is 0 Å². The van der Waals surface area contributed by atoms with E-state index in [1.54, 1.807) is 0 Å². The molecule has 1 aliphatic carbocycles. The lowest BCUT2D eigenvalue weighted by molar-refractivity contribution is -0.129. The van der Waals surface area contributed by atoms with Crippen LogP contribution in [0.2, 0.25) is 0 Å². The van der Waals surface area contributed by atoms with Crippen molar-refractivity contribution in [1.82, 2.24) is 4.90 Å². The number of benzene rings is 1. The van der Waals surface area contributed by atoms with Crippen LogP contribution in [0.4, 0.5) is 0 Å². The lowest BCUT2D eigenvalue weighted by Gasteiger charge is -2.47. The molecule has 1 spiro atoms. The second-order valence-corrected chi connectivity index (χ2v) is 6.71. The third-order valence-corrected chi connectivity index (χ3v) is 5.53. The highest BCUT2D eigenvalue weighted by atomic mass is 16.1. The molecule has 0 N–H and O–H groups in total. The van der Waals surface area contributed by atoms with E-state index in [0.717, 1.165) is 12.8 Å².